The van der Waals surface area contributed by atoms with E-state index in [2.05, 4.69) is 0 Å². The number of esters is 1. The number of ether oxygens (including phenoxy) is 2. The number of nitrogens with zero attached hydrogens (tertiary/aromatic N) is 2. The molecule has 7 heteroatoms. The van der Waals surface area contributed by atoms with E-state index in [-0.39, 0.29) is 30.5 Å². The fourth-order valence-electron chi connectivity index (χ4n) is 3.92. The molecule has 0 bridgehead atoms. The Kier molecular flexibility index (Phi) is 7.57. The molecule has 0 spiro atoms. The smallest absolute Gasteiger partial charge is 0.410 e. The highest BCUT2D eigenvalue weighted by atomic mass is 16.6. The van der Waals surface area contributed by atoms with Crippen LogP contribution in [0.4, 0.5) is 4.79 Å². The maximum absolute atomic E-state index is 12.4. The molecule has 7 nitrogen and oxygen atoms in total. The zero-order valence-corrected chi connectivity index (χ0v) is 18.8. The number of carbonyl (C=O) groups excluding carboxylic acids is 3. The van der Waals surface area contributed by atoms with Gasteiger partial charge in [-0.3, -0.25) is 9.59 Å². The second-order valence-electron chi connectivity index (χ2n) is 9.54. The van der Waals surface area contributed by atoms with Crippen LogP contribution in [0.1, 0.15) is 52.0 Å². The highest BCUT2D eigenvalue weighted by Crippen LogP contribution is 2.25. The molecule has 0 atom stereocenters. The minimum atomic E-state index is -0.496. The standard InChI is InChI=1S/C24H34N2O5/c1-24(2,3)31-22(28)20-15-26(16-20)21(27)10-9-18-11-13-25(14-12-18)23(29)30-17-19-7-5-4-6-8-19/h4-8,18,20H,9-17H2,1-3H3. The van der Waals surface area contributed by atoms with E-state index in [1.54, 1.807) is 9.80 Å². The third kappa shape index (κ3) is 6.97. The fraction of sp³-hybridized carbons (Fsp3) is 0.625. The van der Waals surface area contributed by atoms with Gasteiger partial charge in [0, 0.05) is 32.6 Å². The highest BCUT2D eigenvalue weighted by Gasteiger charge is 2.38. The quantitative estimate of drug-likeness (QED) is 0.645. The third-order valence-electron chi connectivity index (χ3n) is 5.82. The summed E-state index contributed by atoms with van der Waals surface area (Å²) < 4.78 is 10.8. The lowest BCUT2D eigenvalue weighted by Crippen LogP contribution is -2.54. The first-order valence-electron chi connectivity index (χ1n) is 11.2. The maximum Gasteiger partial charge on any atom is 0.410 e. The molecule has 0 aliphatic carbocycles. The molecule has 31 heavy (non-hydrogen) atoms. The largest absolute Gasteiger partial charge is 0.460 e. The van der Waals surface area contributed by atoms with Gasteiger partial charge in [0.1, 0.15) is 12.2 Å². The predicted octanol–water partition coefficient (Wildman–Crippen LogP) is 3.62. The molecule has 2 aliphatic rings. The van der Waals surface area contributed by atoms with Gasteiger partial charge in [0.15, 0.2) is 0 Å². The van der Waals surface area contributed by atoms with E-state index in [9.17, 15) is 14.4 Å². The zero-order valence-electron chi connectivity index (χ0n) is 18.8. The Labute approximate surface area is 184 Å². The zero-order chi connectivity index (χ0) is 22.4. The van der Waals surface area contributed by atoms with E-state index < -0.39 is 5.60 Å². The van der Waals surface area contributed by atoms with Crippen LogP contribution in [-0.2, 0) is 25.7 Å². The lowest BCUT2D eigenvalue weighted by molar-refractivity contribution is -0.168. The number of amides is 2. The van der Waals surface area contributed by atoms with Gasteiger partial charge in [-0.1, -0.05) is 30.3 Å². The summed E-state index contributed by atoms with van der Waals surface area (Å²) in [5.74, 6) is 0.117. The molecule has 0 radical (unpaired) electrons. The van der Waals surface area contributed by atoms with Crippen molar-refractivity contribution >= 4 is 18.0 Å². The monoisotopic (exact) mass is 430 g/mol. The third-order valence-corrected chi connectivity index (χ3v) is 5.82. The van der Waals surface area contributed by atoms with E-state index >= 15 is 0 Å². The number of hydrogen-bond acceptors (Lipinski definition) is 5. The number of carbonyl (C=O) groups is 3. The summed E-state index contributed by atoms with van der Waals surface area (Å²) in [6.07, 6.45) is 2.80. The van der Waals surface area contributed by atoms with E-state index in [0.29, 0.717) is 38.5 Å². The van der Waals surface area contributed by atoms with E-state index in [0.717, 1.165) is 24.8 Å². The maximum atomic E-state index is 12.4. The van der Waals surface area contributed by atoms with Gasteiger partial charge in [-0.25, -0.2) is 4.79 Å². The fourth-order valence-corrected chi connectivity index (χ4v) is 3.92. The van der Waals surface area contributed by atoms with Crippen LogP contribution in [0.2, 0.25) is 0 Å². The molecule has 2 aliphatic heterocycles. The highest BCUT2D eigenvalue weighted by molar-refractivity contribution is 5.81. The summed E-state index contributed by atoms with van der Waals surface area (Å²) >= 11 is 0. The summed E-state index contributed by atoms with van der Waals surface area (Å²) in [6, 6.07) is 9.65. The Morgan fingerprint density at radius 1 is 1.00 bits per heavy atom. The van der Waals surface area contributed by atoms with Gasteiger partial charge in [0.2, 0.25) is 5.91 Å². The van der Waals surface area contributed by atoms with Crippen LogP contribution in [0.3, 0.4) is 0 Å². The van der Waals surface area contributed by atoms with Crippen LogP contribution < -0.4 is 0 Å². The summed E-state index contributed by atoms with van der Waals surface area (Å²) in [4.78, 5) is 40.2. The summed E-state index contributed by atoms with van der Waals surface area (Å²) in [5, 5.41) is 0. The lowest BCUT2D eigenvalue weighted by atomic mass is 9.91. The Balaban J connectivity index is 1.29. The lowest BCUT2D eigenvalue weighted by Gasteiger charge is -2.39. The van der Waals surface area contributed by atoms with Gasteiger partial charge in [-0.2, -0.15) is 0 Å². The average Bonchev–Trinajstić information content (AvgIpc) is 2.69. The minimum absolute atomic E-state index is 0.101. The van der Waals surface area contributed by atoms with Gasteiger partial charge in [0.25, 0.3) is 0 Å². The first-order chi connectivity index (χ1) is 14.7. The van der Waals surface area contributed by atoms with Crippen molar-refractivity contribution in [2.75, 3.05) is 26.2 Å². The van der Waals surface area contributed by atoms with Crippen molar-refractivity contribution in [3.05, 3.63) is 35.9 Å². The van der Waals surface area contributed by atoms with Crippen molar-refractivity contribution in [2.24, 2.45) is 11.8 Å². The van der Waals surface area contributed by atoms with Crippen LogP contribution in [0.5, 0.6) is 0 Å². The summed E-state index contributed by atoms with van der Waals surface area (Å²) in [7, 11) is 0. The number of rotatable bonds is 6. The average molecular weight is 431 g/mol. The molecule has 0 unspecified atom stereocenters. The van der Waals surface area contributed by atoms with Gasteiger partial charge < -0.3 is 19.3 Å². The van der Waals surface area contributed by atoms with Gasteiger partial charge in [-0.05, 0) is 51.5 Å². The molecule has 0 saturated carbocycles. The van der Waals surface area contributed by atoms with Crippen molar-refractivity contribution in [2.45, 2.75) is 58.7 Å². The van der Waals surface area contributed by atoms with Crippen molar-refractivity contribution in [3.63, 3.8) is 0 Å². The summed E-state index contributed by atoms with van der Waals surface area (Å²) in [5.41, 5.74) is 0.480. The first-order valence-corrected chi connectivity index (χ1v) is 11.2. The first kappa shape index (κ1) is 23.1. The van der Waals surface area contributed by atoms with Crippen molar-refractivity contribution < 1.29 is 23.9 Å². The summed E-state index contributed by atoms with van der Waals surface area (Å²) in [6.45, 7) is 8.07. The topological polar surface area (TPSA) is 76.2 Å². The van der Waals surface area contributed by atoms with E-state index in [1.807, 2.05) is 51.1 Å². The van der Waals surface area contributed by atoms with E-state index in [1.165, 1.54) is 0 Å². The Morgan fingerprint density at radius 3 is 2.26 bits per heavy atom. The Bertz CT molecular complexity index is 760. The molecule has 1 aromatic carbocycles. The molecule has 1 aromatic rings. The molecule has 2 fully saturated rings. The number of hydrogen-bond donors (Lipinski definition) is 0. The molecule has 2 saturated heterocycles. The van der Waals surface area contributed by atoms with Crippen LogP contribution in [0.15, 0.2) is 30.3 Å². The molecule has 2 amide bonds. The Morgan fingerprint density at radius 2 is 1.65 bits per heavy atom. The van der Waals surface area contributed by atoms with Crippen LogP contribution in [0.25, 0.3) is 0 Å². The van der Waals surface area contributed by atoms with Crippen LogP contribution >= 0.6 is 0 Å². The second kappa shape index (κ2) is 10.2. The van der Waals surface area contributed by atoms with Crippen LogP contribution in [-0.4, -0.2) is 59.5 Å². The minimum Gasteiger partial charge on any atom is -0.460 e. The number of likely N-dealkylation sites (tertiary alicyclic amines) is 2. The molecular weight excluding hydrogens is 396 g/mol. The molecule has 3 rings (SSSR count). The molecule has 0 aromatic heterocycles. The molecular formula is C24H34N2O5. The van der Waals surface area contributed by atoms with E-state index in [4.69, 9.17) is 9.47 Å². The number of piperidine rings is 1. The SMILES string of the molecule is CC(C)(C)OC(=O)C1CN(C(=O)CCC2CCN(C(=O)OCc3ccccc3)CC2)C1. The second-order valence-corrected chi connectivity index (χ2v) is 9.54. The molecule has 0 N–H and O–H groups in total. The van der Waals surface area contributed by atoms with Crippen molar-refractivity contribution in [1.29, 1.82) is 0 Å². The van der Waals surface area contributed by atoms with Gasteiger partial charge in [0.05, 0.1) is 5.92 Å². The number of benzene rings is 1. The van der Waals surface area contributed by atoms with Gasteiger partial charge in [-0.15, -0.1) is 0 Å². The molecule has 2 heterocycles. The van der Waals surface area contributed by atoms with Crippen molar-refractivity contribution in [1.82, 2.24) is 9.80 Å². The Hall–Kier alpha value is -2.57. The normalized spacial score (nSPS) is 17.8. The van der Waals surface area contributed by atoms with Gasteiger partial charge >= 0.3 is 12.1 Å². The van der Waals surface area contributed by atoms with Crippen molar-refractivity contribution in [3.8, 4) is 0 Å². The molecule has 170 valence electrons. The van der Waals surface area contributed by atoms with Crippen LogP contribution in [0, 0.1) is 11.8 Å². The predicted molar refractivity (Wildman–Crippen MR) is 116 cm³/mol.